The Kier molecular flexibility index (Phi) is 6.06. The number of aliphatic hydroxyl groups is 1. The highest BCUT2D eigenvalue weighted by atomic mass is 16.5. The van der Waals surface area contributed by atoms with Gasteiger partial charge in [-0.3, -0.25) is 9.59 Å². The van der Waals surface area contributed by atoms with Crippen LogP contribution in [0.15, 0.2) is 54.1 Å². The van der Waals surface area contributed by atoms with Crippen molar-refractivity contribution < 1.29 is 34.1 Å². The molecule has 2 aromatic carbocycles. The van der Waals surface area contributed by atoms with Crippen molar-refractivity contribution in [1.82, 2.24) is 4.90 Å². The van der Waals surface area contributed by atoms with E-state index in [9.17, 15) is 24.6 Å². The number of carboxylic acids is 1. The van der Waals surface area contributed by atoms with Crippen molar-refractivity contribution in [2.75, 3.05) is 20.8 Å². The molecule has 0 bridgehead atoms. The van der Waals surface area contributed by atoms with Gasteiger partial charge in [-0.2, -0.15) is 0 Å². The van der Waals surface area contributed by atoms with E-state index >= 15 is 0 Å². The lowest BCUT2D eigenvalue weighted by Gasteiger charge is -2.27. The van der Waals surface area contributed by atoms with E-state index in [2.05, 4.69) is 0 Å². The van der Waals surface area contributed by atoms with E-state index in [1.165, 1.54) is 14.2 Å². The number of methoxy groups -OCH3 is 2. The first kappa shape index (κ1) is 20.9. The molecular weight excluding hydrogens is 390 g/mol. The molecule has 0 saturated carbocycles. The topological polar surface area (TPSA) is 116 Å². The molecule has 1 saturated heterocycles. The number of ketones is 1. The van der Waals surface area contributed by atoms with Crippen LogP contribution in [-0.4, -0.2) is 48.4 Å². The Balaban J connectivity index is 2.21. The van der Waals surface area contributed by atoms with Gasteiger partial charge in [0.05, 0.1) is 25.8 Å². The van der Waals surface area contributed by atoms with Gasteiger partial charge in [0.15, 0.2) is 0 Å². The van der Waals surface area contributed by atoms with Gasteiger partial charge in [-0.15, -0.1) is 0 Å². The van der Waals surface area contributed by atoms with E-state index < -0.39 is 30.1 Å². The van der Waals surface area contributed by atoms with Crippen LogP contribution in [0.2, 0.25) is 0 Å². The number of hydrogen-bond acceptors (Lipinski definition) is 7. The van der Waals surface area contributed by atoms with E-state index in [1.54, 1.807) is 48.5 Å². The zero-order chi connectivity index (χ0) is 21.8. The quantitative estimate of drug-likeness (QED) is 0.415. The van der Waals surface area contributed by atoms with Gasteiger partial charge in [-0.05, 0) is 12.1 Å². The second kappa shape index (κ2) is 8.69. The van der Waals surface area contributed by atoms with Crippen molar-refractivity contribution in [3.05, 3.63) is 65.2 Å². The number of likely N-dealkylation sites (tertiary alicyclic amines) is 1. The molecule has 1 amide bonds. The third-order valence-corrected chi connectivity index (χ3v) is 4.88. The zero-order valence-corrected chi connectivity index (χ0v) is 16.5. The fourth-order valence-electron chi connectivity index (χ4n) is 3.44. The van der Waals surface area contributed by atoms with Gasteiger partial charge in [0, 0.05) is 36.1 Å². The molecule has 1 atom stereocenters. The van der Waals surface area contributed by atoms with E-state index in [0.717, 1.165) is 4.90 Å². The smallest absolute Gasteiger partial charge is 0.295 e. The van der Waals surface area contributed by atoms with Crippen LogP contribution < -0.4 is 14.6 Å². The summed E-state index contributed by atoms with van der Waals surface area (Å²) in [6.45, 7) is -0.266. The number of Topliss-reactive ketones (excluding diaryl/α,β-unsaturated/α-hetero) is 1. The molecule has 8 heteroatoms. The van der Waals surface area contributed by atoms with Crippen molar-refractivity contribution in [3.8, 4) is 11.5 Å². The number of hydrogen-bond donors (Lipinski definition) is 1. The van der Waals surface area contributed by atoms with Crippen molar-refractivity contribution in [1.29, 1.82) is 0 Å². The molecule has 0 aromatic heterocycles. The van der Waals surface area contributed by atoms with Crippen LogP contribution in [0.5, 0.6) is 11.5 Å². The van der Waals surface area contributed by atoms with Gasteiger partial charge in [-0.1, -0.05) is 30.3 Å². The average Bonchev–Trinajstić information content (AvgIpc) is 3.01. The van der Waals surface area contributed by atoms with E-state index in [-0.39, 0.29) is 17.9 Å². The molecule has 2 aromatic rings. The fraction of sp³-hybridized carbons (Fsp3) is 0.227. The summed E-state index contributed by atoms with van der Waals surface area (Å²) < 4.78 is 10.6. The molecule has 1 fully saturated rings. The number of amides is 1. The molecule has 0 radical (unpaired) electrons. The van der Waals surface area contributed by atoms with Gasteiger partial charge >= 0.3 is 0 Å². The van der Waals surface area contributed by atoms with Crippen LogP contribution in [0.3, 0.4) is 0 Å². The normalized spacial score (nSPS) is 17.8. The molecule has 1 aliphatic rings. The Morgan fingerprint density at radius 2 is 1.80 bits per heavy atom. The summed E-state index contributed by atoms with van der Waals surface area (Å²) in [6, 6.07) is 12.1. The van der Waals surface area contributed by atoms with Crippen LogP contribution in [-0.2, 0) is 14.4 Å². The largest absolute Gasteiger partial charge is 0.550 e. The number of carbonyl (C=O) groups is 3. The second-order valence-corrected chi connectivity index (χ2v) is 6.59. The summed E-state index contributed by atoms with van der Waals surface area (Å²) in [7, 11) is 2.90. The molecule has 0 aliphatic carbocycles. The van der Waals surface area contributed by atoms with Gasteiger partial charge in [0.2, 0.25) is 0 Å². The van der Waals surface area contributed by atoms with Crippen molar-refractivity contribution in [2.45, 2.75) is 12.5 Å². The van der Waals surface area contributed by atoms with Crippen LogP contribution in [0, 0.1) is 0 Å². The predicted molar refractivity (Wildman–Crippen MR) is 105 cm³/mol. The van der Waals surface area contributed by atoms with E-state index in [4.69, 9.17) is 9.47 Å². The maximum Gasteiger partial charge on any atom is 0.295 e. The zero-order valence-electron chi connectivity index (χ0n) is 16.5. The van der Waals surface area contributed by atoms with E-state index in [1.807, 2.05) is 0 Å². The highest BCUT2D eigenvalue weighted by molar-refractivity contribution is 6.46. The minimum Gasteiger partial charge on any atom is -0.550 e. The minimum atomic E-state index is -1.36. The predicted octanol–water partition coefficient (Wildman–Crippen LogP) is 1.27. The lowest BCUT2D eigenvalue weighted by molar-refractivity contribution is -0.305. The number of rotatable bonds is 7. The number of carbonyl (C=O) groups excluding carboxylic acids is 3. The number of ether oxygens (including phenoxy) is 2. The van der Waals surface area contributed by atoms with Gasteiger partial charge in [-0.25, -0.2) is 0 Å². The maximum absolute atomic E-state index is 12.8. The first-order chi connectivity index (χ1) is 14.4. The average molecular weight is 410 g/mol. The van der Waals surface area contributed by atoms with Crippen molar-refractivity contribution >= 4 is 23.4 Å². The Bertz CT molecular complexity index is 1010. The van der Waals surface area contributed by atoms with Crippen LogP contribution in [0.25, 0.3) is 5.76 Å². The third kappa shape index (κ3) is 3.84. The third-order valence-electron chi connectivity index (χ3n) is 4.88. The Hall–Kier alpha value is -3.81. The number of aliphatic carboxylic acids is 1. The minimum absolute atomic E-state index is 0.145. The molecule has 8 nitrogen and oxygen atoms in total. The molecule has 1 aliphatic heterocycles. The van der Waals surface area contributed by atoms with Gasteiger partial charge in [0.1, 0.15) is 17.3 Å². The summed E-state index contributed by atoms with van der Waals surface area (Å²) in [6.07, 6.45) is -0.465. The monoisotopic (exact) mass is 410 g/mol. The molecule has 1 heterocycles. The number of benzene rings is 2. The lowest BCUT2D eigenvalue weighted by atomic mass is 9.94. The molecule has 3 rings (SSSR count). The first-order valence-corrected chi connectivity index (χ1v) is 9.14. The Morgan fingerprint density at radius 3 is 2.40 bits per heavy atom. The number of nitrogens with zero attached hydrogens (tertiary/aromatic N) is 1. The van der Waals surface area contributed by atoms with Gasteiger partial charge < -0.3 is 29.4 Å². The summed E-state index contributed by atoms with van der Waals surface area (Å²) in [5.41, 5.74) is 0.620. The number of aliphatic hydroxyl groups excluding tert-OH is 1. The molecule has 0 spiro atoms. The maximum atomic E-state index is 12.8. The summed E-state index contributed by atoms with van der Waals surface area (Å²) in [5.74, 6) is -2.72. The molecule has 30 heavy (non-hydrogen) atoms. The fourth-order valence-corrected chi connectivity index (χ4v) is 3.44. The molecular formula is C22H20NO7-. The van der Waals surface area contributed by atoms with Crippen LogP contribution in [0.4, 0.5) is 0 Å². The van der Waals surface area contributed by atoms with Crippen LogP contribution >= 0.6 is 0 Å². The second-order valence-electron chi connectivity index (χ2n) is 6.59. The van der Waals surface area contributed by atoms with Crippen molar-refractivity contribution in [3.63, 3.8) is 0 Å². The SMILES string of the molecule is COc1ccc([C@@H]2C(=C(O)c3ccccc3)C(=O)C(=O)N2CCC(=O)[O-])c(OC)c1. The standard InChI is InChI=1S/C22H21NO7/c1-29-14-8-9-15(16(12-14)30-2)19-18(20(26)13-6-4-3-5-7-13)21(27)22(28)23(19)11-10-17(24)25/h3-9,12,19,26H,10-11H2,1-2H3,(H,24,25)/p-1/t19-/m1/s1. The highest BCUT2D eigenvalue weighted by Gasteiger charge is 2.46. The number of carboxylic acid groups (broad SMARTS) is 1. The molecule has 156 valence electrons. The van der Waals surface area contributed by atoms with E-state index in [0.29, 0.717) is 22.6 Å². The Labute approximate surface area is 173 Å². The Morgan fingerprint density at radius 1 is 1.10 bits per heavy atom. The highest BCUT2D eigenvalue weighted by Crippen LogP contribution is 2.43. The first-order valence-electron chi connectivity index (χ1n) is 9.14. The lowest BCUT2D eigenvalue weighted by Crippen LogP contribution is -2.34. The summed E-state index contributed by atoms with van der Waals surface area (Å²) >= 11 is 0. The van der Waals surface area contributed by atoms with Gasteiger partial charge in [0.25, 0.3) is 11.7 Å². The summed E-state index contributed by atoms with van der Waals surface area (Å²) in [5, 5.41) is 21.9. The van der Waals surface area contributed by atoms with Crippen molar-refractivity contribution in [2.24, 2.45) is 0 Å². The van der Waals surface area contributed by atoms with Crippen LogP contribution in [0.1, 0.15) is 23.6 Å². The summed E-state index contributed by atoms with van der Waals surface area (Å²) in [4.78, 5) is 37.7. The molecule has 1 N–H and O–H groups in total. The molecule has 0 unspecified atom stereocenters.